The molecular formula is C12H13ClN4S2. The summed E-state index contributed by atoms with van der Waals surface area (Å²) in [5, 5.41) is 1.46. The Hall–Kier alpha value is -0.720. The fraction of sp³-hybridized carbons (Fsp3) is 0.500. The first kappa shape index (κ1) is 13.3. The monoisotopic (exact) mass is 312 g/mol. The molecule has 0 aliphatic heterocycles. The van der Waals surface area contributed by atoms with Crippen molar-refractivity contribution in [2.24, 2.45) is 0 Å². The Balaban J connectivity index is 1.90. The van der Waals surface area contributed by atoms with Gasteiger partial charge < -0.3 is 0 Å². The van der Waals surface area contributed by atoms with Crippen molar-refractivity contribution < 1.29 is 0 Å². The molecule has 0 saturated heterocycles. The van der Waals surface area contributed by atoms with E-state index < -0.39 is 0 Å². The number of nitrogens with zero attached hydrogens (tertiary/aromatic N) is 4. The average molecular weight is 313 g/mol. The van der Waals surface area contributed by atoms with Crippen molar-refractivity contribution in [3.8, 4) is 0 Å². The van der Waals surface area contributed by atoms with E-state index in [4.69, 9.17) is 11.6 Å². The van der Waals surface area contributed by atoms with Crippen LogP contribution in [0.25, 0.3) is 0 Å². The van der Waals surface area contributed by atoms with Crippen LogP contribution in [-0.2, 0) is 6.42 Å². The summed E-state index contributed by atoms with van der Waals surface area (Å²) in [5.74, 6) is 2.25. The van der Waals surface area contributed by atoms with Crippen LogP contribution in [0.1, 0.15) is 42.9 Å². The summed E-state index contributed by atoms with van der Waals surface area (Å²) in [6.07, 6.45) is 3.19. The predicted octanol–water partition coefficient (Wildman–Crippen LogP) is 3.88. The normalized spacial score (nSPS) is 14.9. The predicted molar refractivity (Wildman–Crippen MR) is 77.2 cm³/mol. The van der Waals surface area contributed by atoms with E-state index >= 15 is 0 Å². The van der Waals surface area contributed by atoms with Gasteiger partial charge in [0.25, 0.3) is 0 Å². The number of aryl methyl sites for hydroxylation is 1. The van der Waals surface area contributed by atoms with Crippen LogP contribution in [0.4, 0.5) is 0 Å². The molecule has 19 heavy (non-hydrogen) atoms. The molecule has 0 amide bonds. The van der Waals surface area contributed by atoms with Gasteiger partial charge in [0.05, 0.1) is 0 Å². The van der Waals surface area contributed by atoms with E-state index in [-0.39, 0.29) is 0 Å². The molecule has 1 aliphatic carbocycles. The molecular weight excluding hydrogens is 300 g/mol. The lowest BCUT2D eigenvalue weighted by Crippen LogP contribution is -1.98. The van der Waals surface area contributed by atoms with Gasteiger partial charge in [-0.3, -0.25) is 0 Å². The standard InChI is InChI=1S/C12H13ClN4S2/c1-3-8-14-12(19-17-8)18-11-6(2)9(13)15-10(16-11)7-4-5-7/h7H,3-5H2,1-2H3. The molecule has 1 aliphatic rings. The molecule has 0 unspecified atom stereocenters. The fourth-order valence-corrected chi connectivity index (χ4v) is 3.55. The van der Waals surface area contributed by atoms with Crippen molar-refractivity contribution in [1.82, 2.24) is 19.3 Å². The lowest BCUT2D eigenvalue weighted by molar-refractivity contribution is 0.861. The highest BCUT2D eigenvalue weighted by atomic mass is 35.5. The largest absolute Gasteiger partial charge is 0.225 e. The van der Waals surface area contributed by atoms with E-state index in [0.29, 0.717) is 11.1 Å². The van der Waals surface area contributed by atoms with Crippen LogP contribution in [-0.4, -0.2) is 19.3 Å². The van der Waals surface area contributed by atoms with Crippen molar-refractivity contribution in [1.29, 1.82) is 0 Å². The van der Waals surface area contributed by atoms with Gasteiger partial charge in [0.15, 0.2) is 4.34 Å². The topological polar surface area (TPSA) is 51.6 Å². The van der Waals surface area contributed by atoms with Crippen molar-refractivity contribution >= 4 is 34.9 Å². The molecule has 2 aromatic rings. The zero-order valence-electron chi connectivity index (χ0n) is 10.7. The third kappa shape index (κ3) is 2.90. The van der Waals surface area contributed by atoms with Gasteiger partial charge in [0, 0.05) is 17.9 Å². The van der Waals surface area contributed by atoms with Gasteiger partial charge in [-0.2, -0.15) is 4.37 Å². The third-order valence-corrected chi connectivity index (χ3v) is 5.20. The zero-order chi connectivity index (χ0) is 13.4. The highest BCUT2D eigenvalue weighted by Crippen LogP contribution is 2.40. The van der Waals surface area contributed by atoms with Crippen LogP contribution in [0, 0.1) is 6.92 Å². The maximum Gasteiger partial charge on any atom is 0.176 e. The Morgan fingerprint density at radius 3 is 2.74 bits per heavy atom. The molecule has 7 heteroatoms. The third-order valence-electron chi connectivity index (χ3n) is 2.95. The second-order valence-electron chi connectivity index (χ2n) is 4.51. The molecule has 0 radical (unpaired) electrons. The summed E-state index contributed by atoms with van der Waals surface area (Å²) < 4.78 is 5.20. The van der Waals surface area contributed by atoms with Crippen LogP contribution in [0.2, 0.25) is 5.15 Å². The van der Waals surface area contributed by atoms with Crippen molar-refractivity contribution in [3.05, 3.63) is 22.4 Å². The maximum absolute atomic E-state index is 6.19. The van der Waals surface area contributed by atoms with Gasteiger partial charge in [-0.05, 0) is 43.1 Å². The number of hydrogen-bond acceptors (Lipinski definition) is 6. The summed E-state index contributed by atoms with van der Waals surface area (Å²) in [4.78, 5) is 13.5. The zero-order valence-corrected chi connectivity index (χ0v) is 13.1. The number of halogens is 1. The second-order valence-corrected chi connectivity index (χ2v) is 6.85. The van der Waals surface area contributed by atoms with Crippen LogP contribution in [0.15, 0.2) is 9.37 Å². The molecule has 0 spiro atoms. The van der Waals surface area contributed by atoms with E-state index in [1.165, 1.54) is 36.1 Å². The first-order valence-corrected chi connectivity index (χ1v) is 8.18. The van der Waals surface area contributed by atoms with E-state index in [1.54, 1.807) is 0 Å². The smallest absolute Gasteiger partial charge is 0.176 e. The van der Waals surface area contributed by atoms with Crippen LogP contribution >= 0.6 is 34.9 Å². The van der Waals surface area contributed by atoms with Crippen molar-refractivity contribution in [3.63, 3.8) is 0 Å². The van der Waals surface area contributed by atoms with Gasteiger partial charge >= 0.3 is 0 Å². The van der Waals surface area contributed by atoms with Crippen LogP contribution in [0.3, 0.4) is 0 Å². The first-order chi connectivity index (χ1) is 9.17. The molecule has 1 fully saturated rings. The summed E-state index contributed by atoms with van der Waals surface area (Å²) >= 11 is 9.14. The quantitative estimate of drug-likeness (QED) is 0.802. The molecule has 2 heterocycles. The van der Waals surface area contributed by atoms with Crippen molar-refractivity contribution in [2.75, 3.05) is 0 Å². The SMILES string of the molecule is CCc1nsc(Sc2nc(C3CC3)nc(Cl)c2C)n1. The number of hydrogen-bond donors (Lipinski definition) is 0. The van der Waals surface area contributed by atoms with Gasteiger partial charge in [0.1, 0.15) is 21.8 Å². The Bertz CT molecular complexity index is 610. The minimum absolute atomic E-state index is 0.498. The van der Waals surface area contributed by atoms with Crippen LogP contribution in [0.5, 0.6) is 0 Å². The molecule has 3 rings (SSSR count). The van der Waals surface area contributed by atoms with E-state index in [9.17, 15) is 0 Å². The molecule has 100 valence electrons. The van der Waals surface area contributed by atoms with E-state index in [0.717, 1.165) is 33.0 Å². The van der Waals surface area contributed by atoms with E-state index in [2.05, 4.69) is 26.2 Å². The highest BCUT2D eigenvalue weighted by Gasteiger charge is 2.28. The summed E-state index contributed by atoms with van der Waals surface area (Å²) in [6.45, 7) is 4.00. The average Bonchev–Trinajstić information content (AvgIpc) is 3.15. The van der Waals surface area contributed by atoms with Crippen molar-refractivity contribution in [2.45, 2.75) is 48.4 Å². The minimum atomic E-state index is 0.498. The Kier molecular flexibility index (Phi) is 3.73. The first-order valence-electron chi connectivity index (χ1n) is 6.22. The van der Waals surface area contributed by atoms with Gasteiger partial charge in [-0.25, -0.2) is 15.0 Å². The second kappa shape index (κ2) is 5.34. The van der Waals surface area contributed by atoms with Gasteiger partial charge in [-0.15, -0.1) is 0 Å². The summed E-state index contributed by atoms with van der Waals surface area (Å²) in [7, 11) is 0. The molecule has 1 saturated carbocycles. The molecule has 2 aromatic heterocycles. The van der Waals surface area contributed by atoms with E-state index in [1.807, 2.05) is 6.92 Å². The Morgan fingerprint density at radius 1 is 1.32 bits per heavy atom. The Labute approximate surface area is 125 Å². The maximum atomic E-state index is 6.19. The lowest BCUT2D eigenvalue weighted by Gasteiger charge is -2.06. The summed E-state index contributed by atoms with van der Waals surface area (Å²) in [5.41, 5.74) is 0.921. The summed E-state index contributed by atoms with van der Waals surface area (Å²) in [6, 6.07) is 0. The van der Waals surface area contributed by atoms with Gasteiger partial charge in [-0.1, -0.05) is 18.5 Å². The molecule has 0 aromatic carbocycles. The minimum Gasteiger partial charge on any atom is -0.225 e. The highest BCUT2D eigenvalue weighted by molar-refractivity contribution is 8.00. The van der Waals surface area contributed by atoms with Gasteiger partial charge in [0.2, 0.25) is 0 Å². The molecule has 0 N–H and O–H groups in total. The molecule has 0 bridgehead atoms. The molecule has 0 atom stereocenters. The lowest BCUT2D eigenvalue weighted by atomic mass is 10.3. The molecule has 4 nitrogen and oxygen atoms in total. The number of rotatable bonds is 4. The Morgan fingerprint density at radius 2 is 2.11 bits per heavy atom. The van der Waals surface area contributed by atoms with Crippen LogP contribution < -0.4 is 0 Å². The number of aromatic nitrogens is 4. The fourth-order valence-electron chi connectivity index (χ4n) is 1.61.